The van der Waals surface area contributed by atoms with E-state index in [0.717, 1.165) is 5.56 Å². The molecule has 0 aliphatic heterocycles. The number of methoxy groups -OCH3 is 1. The lowest BCUT2D eigenvalue weighted by Crippen LogP contribution is -1.90. The molecule has 2 aromatic rings. The largest absolute Gasteiger partial charge is 0.495 e. The van der Waals surface area contributed by atoms with E-state index >= 15 is 0 Å². The third-order valence-corrected chi connectivity index (χ3v) is 2.54. The minimum atomic E-state index is -0.261. The van der Waals surface area contributed by atoms with Gasteiger partial charge in [0.2, 0.25) is 0 Å². The number of rotatable bonds is 2. The lowest BCUT2D eigenvalue weighted by atomic mass is 10.0. The second kappa shape index (κ2) is 4.71. The smallest absolute Gasteiger partial charge is 0.135 e. The van der Waals surface area contributed by atoms with Gasteiger partial charge in [0.25, 0.3) is 0 Å². The number of ether oxygens (including phenoxy) is 1. The molecule has 1 nitrogen and oxygen atoms in total. The summed E-state index contributed by atoms with van der Waals surface area (Å²) in [6.07, 6.45) is 5.34. The average Bonchev–Trinajstić information content (AvgIpc) is 2.38. The van der Waals surface area contributed by atoms with E-state index in [0.29, 0.717) is 16.9 Å². The lowest BCUT2D eigenvalue weighted by molar-refractivity contribution is 0.414. The Labute approximate surface area is 99.9 Å². The Morgan fingerprint density at radius 3 is 2.59 bits per heavy atom. The molecule has 0 saturated heterocycles. The predicted molar refractivity (Wildman–Crippen MR) is 66.3 cm³/mol. The van der Waals surface area contributed by atoms with Crippen LogP contribution in [0.3, 0.4) is 0 Å². The molecule has 0 radical (unpaired) electrons. The van der Waals surface area contributed by atoms with E-state index in [4.69, 9.17) is 11.2 Å². The van der Waals surface area contributed by atoms with Crippen molar-refractivity contribution in [3.8, 4) is 29.2 Å². The summed E-state index contributed by atoms with van der Waals surface area (Å²) >= 11 is 0. The quantitative estimate of drug-likeness (QED) is 0.712. The monoisotopic (exact) mass is 226 g/mol. The third-order valence-electron chi connectivity index (χ3n) is 2.54. The number of halogens is 1. The summed E-state index contributed by atoms with van der Waals surface area (Å²) in [5.41, 5.74) is 1.95. The third kappa shape index (κ3) is 2.14. The SMILES string of the molecule is C#Cc1ccc(-c2ccccc2F)cc1OC. The van der Waals surface area contributed by atoms with Crippen molar-refractivity contribution in [2.24, 2.45) is 0 Å². The molecule has 2 heteroatoms. The topological polar surface area (TPSA) is 9.23 Å². The molecular weight excluding hydrogens is 215 g/mol. The Bertz CT molecular complexity index is 582. The summed E-state index contributed by atoms with van der Waals surface area (Å²) in [5.74, 6) is 2.84. The van der Waals surface area contributed by atoms with Crippen LogP contribution in [0.1, 0.15) is 5.56 Å². The molecule has 0 saturated carbocycles. The van der Waals surface area contributed by atoms with Crippen LogP contribution in [-0.4, -0.2) is 7.11 Å². The van der Waals surface area contributed by atoms with Gasteiger partial charge in [-0.25, -0.2) is 4.39 Å². The normalized spacial score (nSPS) is 9.71. The van der Waals surface area contributed by atoms with E-state index in [-0.39, 0.29) is 5.82 Å². The van der Waals surface area contributed by atoms with Gasteiger partial charge in [0.1, 0.15) is 11.6 Å². The minimum Gasteiger partial charge on any atom is -0.495 e. The van der Waals surface area contributed by atoms with Crippen molar-refractivity contribution < 1.29 is 9.13 Å². The van der Waals surface area contributed by atoms with E-state index < -0.39 is 0 Å². The van der Waals surface area contributed by atoms with Crippen molar-refractivity contribution in [1.29, 1.82) is 0 Å². The summed E-state index contributed by atoms with van der Waals surface area (Å²) in [5, 5.41) is 0. The predicted octanol–water partition coefficient (Wildman–Crippen LogP) is 3.48. The molecule has 84 valence electrons. The maximum absolute atomic E-state index is 13.6. The minimum absolute atomic E-state index is 0.261. The van der Waals surface area contributed by atoms with Crippen LogP contribution in [0.25, 0.3) is 11.1 Å². The van der Waals surface area contributed by atoms with Crippen LogP contribution < -0.4 is 4.74 Å². The zero-order valence-electron chi connectivity index (χ0n) is 9.41. The second-order valence-corrected chi connectivity index (χ2v) is 3.54. The maximum atomic E-state index is 13.6. The molecule has 0 spiro atoms. The highest BCUT2D eigenvalue weighted by atomic mass is 19.1. The molecule has 0 bridgehead atoms. The molecule has 0 heterocycles. The standard InChI is InChI=1S/C15H11FO/c1-3-11-8-9-12(10-15(11)17-2)13-6-4-5-7-14(13)16/h1,4-10H,2H3. The Balaban J connectivity index is 2.55. The average molecular weight is 226 g/mol. The van der Waals surface area contributed by atoms with Crippen LogP contribution in [0.4, 0.5) is 4.39 Å². The molecule has 0 aliphatic rings. The lowest BCUT2D eigenvalue weighted by Gasteiger charge is -2.07. The Morgan fingerprint density at radius 1 is 1.18 bits per heavy atom. The second-order valence-electron chi connectivity index (χ2n) is 3.54. The number of benzene rings is 2. The Morgan fingerprint density at radius 2 is 1.94 bits per heavy atom. The van der Waals surface area contributed by atoms with Crippen molar-refractivity contribution >= 4 is 0 Å². The Hall–Kier alpha value is -2.27. The molecule has 0 atom stereocenters. The summed E-state index contributed by atoms with van der Waals surface area (Å²) in [6, 6.07) is 11.9. The summed E-state index contributed by atoms with van der Waals surface area (Å²) < 4.78 is 18.8. The molecule has 0 N–H and O–H groups in total. The van der Waals surface area contributed by atoms with Gasteiger partial charge in [-0.15, -0.1) is 6.42 Å². The van der Waals surface area contributed by atoms with Crippen LogP contribution in [0.2, 0.25) is 0 Å². The highest BCUT2D eigenvalue weighted by Crippen LogP contribution is 2.28. The fourth-order valence-corrected chi connectivity index (χ4v) is 1.67. The fraction of sp³-hybridized carbons (Fsp3) is 0.0667. The van der Waals surface area contributed by atoms with Crippen molar-refractivity contribution in [3.63, 3.8) is 0 Å². The van der Waals surface area contributed by atoms with Crippen LogP contribution in [0.15, 0.2) is 42.5 Å². The Kier molecular flexibility index (Phi) is 3.11. The van der Waals surface area contributed by atoms with Gasteiger partial charge < -0.3 is 4.74 Å². The number of terminal acetylenes is 1. The van der Waals surface area contributed by atoms with E-state index in [1.54, 1.807) is 43.5 Å². The molecule has 0 unspecified atom stereocenters. The fourth-order valence-electron chi connectivity index (χ4n) is 1.67. The van der Waals surface area contributed by atoms with Gasteiger partial charge in [-0.1, -0.05) is 30.2 Å². The zero-order valence-corrected chi connectivity index (χ0v) is 9.41. The molecule has 2 aromatic carbocycles. The van der Waals surface area contributed by atoms with Gasteiger partial charge in [0.15, 0.2) is 0 Å². The number of hydrogen-bond acceptors (Lipinski definition) is 1. The summed E-state index contributed by atoms with van der Waals surface area (Å²) in [6.45, 7) is 0. The van der Waals surface area contributed by atoms with Gasteiger partial charge in [0.05, 0.1) is 12.7 Å². The molecule has 17 heavy (non-hydrogen) atoms. The first-order valence-corrected chi connectivity index (χ1v) is 5.16. The molecular formula is C15H11FO. The van der Waals surface area contributed by atoms with Gasteiger partial charge in [-0.3, -0.25) is 0 Å². The molecule has 0 fully saturated rings. The first-order chi connectivity index (χ1) is 8.26. The number of hydrogen-bond donors (Lipinski definition) is 0. The molecule has 0 aliphatic carbocycles. The van der Waals surface area contributed by atoms with Crippen LogP contribution in [0.5, 0.6) is 5.75 Å². The van der Waals surface area contributed by atoms with E-state index in [9.17, 15) is 4.39 Å². The zero-order chi connectivity index (χ0) is 12.3. The van der Waals surface area contributed by atoms with Crippen molar-refractivity contribution in [2.45, 2.75) is 0 Å². The first kappa shape index (κ1) is 11.2. The van der Waals surface area contributed by atoms with Crippen molar-refractivity contribution in [1.82, 2.24) is 0 Å². The molecule has 0 aromatic heterocycles. The van der Waals surface area contributed by atoms with Crippen LogP contribution in [-0.2, 0) is 0 Å². The van der Waals surface area contributed by atoms with Gasteiger partial charge in [-0.2, -0.15) is 0 Å². The van der Waals surface area contributed by atoms with E-state index in [1.807, 2.05) is 0 Å². The van der Waals surface area contributed by atoms with Gasteiger partial charge >= 0.3 is 0 Å². The molecule has 2 rings (SSSR count). The van der Waals surface area contributed by atoms with Crippen molar-refractivity contribution in [2.75, 3.05) is 7.11 Å². The van der Waals surface area contributed by atoms with E-state index in [1.165, 1.54) is 6.07 Å². The van der Waals surface area contributed by atoms with Crippen LogP contribution in [0, 0.1) is 18.2 Å². The summed E-state index contributed by atoms with van der Waals surface area (Å²) in [7, 11) is 1.54. The molecule has 0 amide bonds. The van der Waals surface area contributed by atoms with Crippen molar-refractivity contribution in [3.05, 3.63) is 53.8 Å². The summed E-state index contributed by atoms with van der Waals surface area (Å²) in [4.78, 5) is 0. The maximum Gasteiger partial charge on any atom is 0.135 e. The highest BCUT2D eigenvalue weighted by molar-refractivity contribution is 5.68. The van der Waals surface area contributed by atoms with Gasteiger partial charge in [0, 0.05) is 5.56 Å². The van der Waals surface area contributed by atoms with Gasteiger partial charge in [-0.05, 0) is 23.8 Å². The van der Waals surface area contributed by atoms with Crippen LogP contribution >= 0.6 is 0 Å². The van der Waals surface area contributed by atoms with E-state index in [2.05, 4.69) is 5.92 Å². The first-order valence-electron chi connectivity index (χ1n) is 5.16. The highest BCUT2D eigenvalue weighted by Gasteiger charge is 2.07.